The molecule has 1 aromatic rings. The lowest BCUT2D eigenvalue weighted by Crippen LogP contribution is -2.28. The van der Waals surface area contributed by atoms with Crippen molar-refractivity contribution >= 4 is 25.4 Å². The zero-order chi connectivity index (χ0) is 15.6. The van der Waals surface area contributed by atoms with Crippen LogP contribution < -0.4 is 11.1 Å². The van der Waals surface area contributed by atoms with Crippen LogP contribution in [0.2, 0.25) is 0 Å². The molecule has 0 saturated carbocycles. The number of hydrogen-bond acceptors (Lipinski definition) is 6. The van der Waals surface area contributed by atoms with E-state index in [2.05, 4.69) is 5.32 Å². The maximum atomic E-state index is 11.8. The number of sulfone groups is 2. The minimum absolute atomic E-state index is 0.0248. The third-order valence-corrected chi connectivity index (χ3v) is 5.11. The molecule has 1 aromatic carbocycles. The minimum atomic E-state index is -3.54. The lowest BCUT2D eigenvalue weighted by atomic mass is 10.2. The van der Waals surface area contributed by atoms with Crippen LogP contribution in [0.15, 0.2) is 28.0 Å². The molecule has 114 valence electrons. The largest absolute Gasteiger partial charge is 0.382 e. The fourth-order valence-corrected chi connectivity index (χ4v) is 3.17. The molecule has 0 aliphatic heterocycles. The average molecular weight is 320 g/mol. The maximum Gasteiger partial charge on any atom is 0.177 e. The summed E-state index contributed by atoms with van der Waals surface area (Å²) in [5, 5.41) is 2.95. The van der Waals surface area contributed by atoms with Crippen molar-refractivity contribution in [1.82, 2.24) is 0 Å². The van der Waals surface area contributed by atoms with E-state index >= 15 is 0 Å². The topological polar surface area (TPSA) is 106 Å². The van der Waals surface area contributed by atoms with Gasteiger partial charge < -0.3 is 11.1 Å². The molecular formula is C12H20N2O4S2. The molecule has 0 heterocycles. The van der Waals surface area contributed by atoms with E-state index in [0.29, 0.717) is 12.2 Å². The predicted octanol–water partition coefficient (Wildman–Crippen LogP) is 0.643. The minimum Gasteiger partial charge on any atom is -0.382 e. The van der Waals surface area contributed by atoms with Gasteiger partial charge in [-0.1, -0.05) is 6.92 Å². The third kappa shape index (κ3) is 4.46. The number of rotatable bonds is 6. The van der Waals surface area contributed by atoms with Gasteiger partial charge in [0.25, 0.3) is 0 Å². The van der Waals surface area contributed by atoms with E-state index in [1.54, 1.807) is 0 Å². The summed E-state index contributed by atoms with van der Waals surface area (Å²) < 4.78 is 46.6. The van der Waals surface area contributed by atoms with Crippen molar-refractivity contribution in [3.8, 4) is 0 Å². The second kappa shape index (κ2) is 6.11. The summed E-state index contributed by atoms with van der Waals surface area (Å²) in [5.74, 6) is 0. The van der Waals surface area contributed by atoms with Crippen LogP contribution in [0.4, 0.5) is 5.69 Å². The molecule has 0 amide bonds. The van der Waals surface area contributed by atoms with Gasteiger partial charge in [0.2, 0.25) is 0 Å². The Bertz CT molecular complexity index is 681. The molecule has 0 aliphatic rings. The Morgan fingerprint density at radius 2 is 1.75 bits per heavy atom. The molecule has 8 heteroatoms. The molecule has 0 spiro atoms. The highest BCUT2D eigenvalue weighted by Gasteiger charge is 2.18. The van der Waals surface area contributed by atoms with E-state index in [0.717, 1.165) is 18.9 Å². The van der Waals surface area contributed by atoms with Crippen molar-refractivity contribution in [3.05, 3.63) is 18.2 Å². The van der Waals surface area contributed by atoms with Crippen LogP contribution in [0.25, 0.3) is 0 Å². The summed E-state index contributed by atoms with van der Waals surface area (Å²) in [6, 6.07) is 3.90. The molecule has 1 unspecified atom stereocenters. The van der Waals surface area contributed by atoms with Crippen molar-refractivity contribution in [2.45, 2.75) is 29.2 Å². The third-order valence-electron chi connectivity index (χ3n) is 2.86. The average Bonchev–Trinajstić information content (AvgIpc) is 2.33. The van der Waals surface area contributed by atoms with Crippen molar-refractivity contribution in [1.29, 1.82) is 0 Å². The monoisotopic (exact) mass is 320 g/mol. The molecule has 1 rings (SSSR count). The first kappa shape index (κ1) is 16.9. The van der Waals surface area contributed by atoms with Gasteiger partial charge >= 0.3 is 0 Å². The normalized spacial score (nSPS) is 14.0. The standard InChI is InChI=1S/C12H20N2O4S2/c1-4-9(13)8-14-11-6-5-10(19(2,15)16)7-12(11)20(3,17)18/h5-7,9,14H,4,8,13H2,1-3H3. The van der Waals surface area contributed by atoms with Gasteiger partial charge in [0.15, 0.2) is 19.7 Å². The van der Waals surface area contributed by atoms with Crippen LogP contribution in [-0.2, 0) is 19.7 Å². The Hall–Kier alpha value is -1.12. The SMILES string of the molecule is CCC(N)CNc1ccc(S(C)(=O)=O)cc1S(C)(=O)=O. The van der Waals surface area contributed by atoms with Crippen LogP contribution in [-0.4, -0.2) is 41.9 Å². The lowest BCUT2D eigenvalue weighted by Gasteiger charge is -2.15. The van der Waals surface area contributed by atoms with E-state index in [4.69, 9.17) is 5.73 Å². The summed E-state index contributed by atoms with van der Waals surface area (Å²) in [6.45, 7) is 2.34. The summed E-state index contributed by atoms with van der Waals surface area (Å²) in [4.78, 5) is -0.0630. The number of nitrogens with two attached hydrogens (primary N) is 1. The van der Waals surface area contributed by atoms with Crippen molar-refractivity contribution in [2.24, 2.45) is 5.73 Å². The molecular weight excluding hydrogens is 300 g/mol. The molecule has 20 heavy (non-hydrogen) atoms. The highest BCUT2D eigenvalue weighted by Crippen LogP contribution is 2.25. The summed E-state index contributed by atoms with van der Waals surface area (Å²) in [5.41, 5.74) is 6.14. The van der Waals surface area contributed by atoms with Gasteiger partial charge in [-0.3, -0.25) is 0 Å². The second-order valence-corrected chi connectivity index (χ2v) is 8.75. The Balaban J connectivity index is 3.26. The van der Waals surface area contributed by atoms with E-state index < -0.39 is 19.7 Å². The molecule has 0 bridgehead atoms. The van der Waals surface area contributed by atoms with Gasteiger partial charge in [-0.2, -0.15) is 0 Å². The summed E-state index contributed by atoms with van der Waals surface area (Å²) >= 11 is 0. The van der Waals surface area contributed by atoms with E-state index in [1.165, 1.54) is 18.2 Å². The summed E-state index contributed by atoms with van der Waals surface area (Å²) in [6.07, 6.45) is 2.83. The van der Waals surface area contributed by atoms with Crippen LogP contribution in [0.1, 0.15) is 13.3 Å². The molecule has 0 aliphatic carbocycles. The molecule has 3 N–H and O–H groups in total. The Kier molecular flexibility index (Phi) is 5.17. The number of anilines is 1. The van der Waals surface area contributed by atoms with Crippen molar-refractivity contribution in [3.63, 3.8) is 0 Å². The van der Waals surface area contributed by atoms with E-state index in [9.17, 15) is 16.8 Å². The van der Waals surface area contributed by atoms with Gasteiger partial charge in [-0.25, -0.2) is 16.8 Å². The Labute approximate surface area is 120 Å². The molecule has 0 fully saturated rings. The van der Waals surface area contributed by atoms with Gasteiger partial charge in [-0.15, -0.1) is 0 Å². The van der Waals surface area contributed by atoms with Crippen molar-refractivity contribution in [2.75, 3.05) is 24.4 Å². The van der Waals surface area contributed by atoms with Crippen LogP contribution in [0, 0.1) is 0 Å². The van der Waals surface area contributed by atoms with Crippen LogP contribution in [0.5, 0.6) is 0 Å². The van der Waals surface area contributed by atoms with Crippen LogP contribution >= 0.6 is 0 Å². The Morgan fingerprint density at radius 1 is 1.15 bits per heavy atom. The molecule has 6 nitrogen and oxygen atoms in total. The zero-order valence-corrected chi connectivity index (χ0v) is 13.4. The fourth-order valence-electron chi connectivity index (χ4n) is 1.57. The van der Waals surface area contributed by atoms with E-state index in [-0.39, 0.29) is 15.8 Å². The van der Waals surface area contributed by atoms with Gasteiger partial charge in [0.05, 0.1) is 15.5 Å². The maximum absolute atomic E-state index is 11.8. The lowest BCUT2D eigenvalue weighted by molar-refractivity contribution is 0.600. The zero-order valence-electron chi connectivity index (χ0n) is 11.8. The van der Waals surface area contributed by atoms with E-state index in [1.807, 2.05) is 6.92 Å². The molecule has 1 atom stereocenters. The number of hydrogen-bond donors (Lipinski definition) is 2. The first-order valence-corrected chi connectivity index (χ1v) is 9.87. The van der Waals surface area contributed by atoms with Crippen LogP contribution in [0.3, 0.4) is 0 Å². The summed E-state index contributed by atoms with van der Waals surface area (Å²) in [7, 11) is -6.99. The van der Waals surface area contributed by atoms with Gasteiger partial charge in [0, 0.05) is 25.1 Å². The fraction of sp³-hybridized carbons (Fsp3) is 0.500. The predicted molar refractivity (Wildman–Crippen MR) is 79.4 cm³/mol. The van der Waals surface area contributed by atoms with Gasteiger partial charge in [-0.05, 0) is 24.6 Å². The number of benzene rings is 1. The first-order valence-electron chi connectivity index (χ1n) is 6.09. The quantitative estimate of drug-likeness (QED) is 0.797. The molecule has 0 saturated heterocycles. The molecule has 0 aromatic heterocycles. The smallest absolute Gasteiger partial charge is 0.177 e. The highest BCUT2D eigenvalue weighted by molar-refractivity contribution is 7.91. The van der Waals surface area contributed by atoms with Crippen molar-refractivity contribution < 1.29 is 16.8 Å². The first-order chi connectivity index (χ1) is 9.05. The molecule has 0 radical (unpaired) electrons. The second-order valence-electron chi connectivity index (χ2n) is 4.75. The van der Waals surface area contributed by atoms with Gasteiger partial charge in [0.1, 0.15) is 0 Å². The number of nitrogens with one attached hydrogen (secondary N) is 1. The Morgan fingerprint density at radius 3 is 2.20 bits per heavy atom. The highest BCUT2D eigenvalue weighted by atomic mass is 32.2.